The van der Waals surface area contributed by atoms with Crippen LogP contribution in [0.25, 0.3) is 5.69 Å². The summed E-state index contributed by atoms with van der Waals surface area (Å²) >= 11 is 0. The monoisotopic (exact) mass is 353 g/mol. The van der Waals surface area contributed by atoms with Crippen LogP contribution >= 0.6 is 0 Å². The summed E-state index contributed by atoms with van der Waals surface area (Å²) in [6, 6.07) is 7.26. The number of carboxylic acid groups (broad SMARTS) is 1. The van der Waals surface area contributed by atoms with Crippen LogP contribution in [0.3, 0.4) is 0 Å². The summed E-state index contributed by atoms with van der Waals surface area (Å²) in [5, 5.41) is 14.2. The van der Waals surface area contributed by atoms with Crippen molar-refractivity contribution in [3.05, 3.63) is 46.8 Å². The number of likely N-dealkylation sites (tertiary alicyclic amines) is 1. The molecule has 2 aliphatic rings. The van der Waals surface area contributed by atoms with Crippen LogP contribution in [0.2, 0.25) is 0 Å². The zero-order valence-corrected chi connectivity index (χ0v) is 14.9. The van der Waals surface area contributed by atoms with Crippen LogP contribution in [0.5, 0.6) is 0 Å². The number of carboxylic acids is 1. The Morgan fingerprint density at radius 2 is 1.96 bits per heavy atom. The van der Waals surface area contributed by atoms with Crippen LogP contribution in [0.4, 0.5) is 0 Å². The fourth-order valence-corrected chi connectivity index (χ4v) is 4.18. The van der Waals surface area contributed by atoms with Crippen molar-refractivity contribution in [2.24, 2.45) is 0 Å². The van der Waals surface area contributed by atoms with E-state index in [2.05, 4.69) is 5.10 Å². The number of carbonyl (C=O) groups is 2. The Balaban J connectivity index is 1.76. The predicted octanol–water partition coefficient (Wildman–Crippen LogP) is 2.75. The summed E-state index contributed by atoms with van der Waals surface area (Å²) in [7, 11) is 0. The number of para-hydroxylation sites is 1. The number of hydrogen-bond donors (Lipinski definition) is 1. The molecule has 1 N–H and O–H groups in total. The van der Waals surface area contributed by atoms with E-state index in [0.717, 1.165) is 54.6 Å². The fraction of sp³-hybridized carbons (Fsp3) is 0.450. The molecule has 4 rings (SSSR count). The summed E-state index contributed by atoms with van der Waals surface area (Å²) in [4.78, 5) is 26.3. The third-order valence-electron chi connectivity index (χ3n) is 5.53. The minimum absolute atomic E-state index is 0.234. The van der Waals surface area contributed by atoms with Gasteiger partial charge in [0.25, 0.3) is 5.91 Å². The van der Waals surface area contributed by atoms with Crippen LogP contribution in [0.1, 0.15) is 53.0 Å². The van der Waals surface area contributed by atoms with Gasteiger partial charge in [0.15, 0.2) is 5.69 Å². The second-order valence-corrected chi connectivity index (χ2v) is 7.17. The lowest BCUT2D eigenvalue weighted by Gasteiger charge is -2.32. The Bertz CT molecular complexity index is 871. The fourth-order valence-electron chi connectivity index (χ4n) is 4.18. The van der Waals surface area contributed by atoms with Gasteiger partial charge in [0.2, 0.25) is 0 Å². The molecule has 1 atom stereocenters. The highest BCUT2D eigenvalue weighted by molar-refractivity contribution is 5.96. The van der Waals surface area contributed by atoms with Crippen molar-refractivity contribution in [3.8, 4) is 5.69 Å². The molecule has 136 valence electrons. The first-order valence-electron chi connectivity index (χ1n) is 9.28. The third kappa shape index (κ3) is 2.69. The predicted molar refractivity (Wildman–Crippen MR) is 96.6 cm³/mol. The van der Waals surface area contributed by atoms with Crippen LogP contribution < -0.4 is 0 Å². The Morgan fingerprint density at radius 3 is 2.73 bits per heavy atom. The van der Waals surface area contributed by atoms with E-state index in [9.17, 15) is 14.7 Å². The van der Waals surface area contributed by atoms with E-state index < -0.39 is 12.0 Å². The Kier molecular flexibility index (Phi) is 4.26. The first-order valence-corrected chi connectivity index (χ1v) is 9.28. The molecule has 0 saturated carbocycles. The Hall–Kier alpha value is -2.63. The van der Waals surface area contributed by atoms with Gasteiger partial charge in [0, 0.05) is 17.8 Å². The molecular formula is C20H23N3O3. The molecule has 2 aromatic rings. The lowest BCUT2D eigenvalue weighted by Crippen LogP contribution is -2.48. The van der Waals surface area contributed by atoms with Gasteiger partial charge in [-0.05, 0) is 57.1 Å². The molecule has 1 aliphatic heterocycles. The molecule has 1 fully saturated rings. The molecule has 1 aliphatic carbocycles. The average Bonchev–Trinajstić information content (AvgIpc) is 3.24. The summed E-state index contributed by atoms with van der Waals surface area (Å²) in [6.45, 7) is 2.52. The SMILES string of the molecule is Cc1ccccc1-n1nc(C(=O)N2CCCC[C@@H]2C(=O)O)c2c1CCC2. The minimum Gasteiger partial charge on any atom is -0.480 e. The van der Waals surface area contributed by atoms with Gasteiger partial charge in [-0.2, -0.15) is 5.10 Å². The van der Waals surface area contributed by atoms with Gasteiger partial charge >= 0.3 is 5.97 Å². The number of amides is 1. The average molecular weight is 353 g/mol. The second kappa shape index (κ2) is 6.59. The lowest BCUT2D eigenvalue weighted by atomic mass is 10.0. The summed E-state index contributed by atoms with van der Waals surface area (Å²) in [6.07, 6.45) is 4.93. The molecule has 1 aromatic carbocycles. The van der Waals surface area contributed by atoms with Gasteiger partial charge in [-0.3, -0.25) is 4.79 Å². The number of nitrogens with zero attached hydrogens (tertiary/aromatic N) is 3. The first kappa shape index (κ1) is 16.8. The molecule has 0 unspecified atom stereocenters. The molecule has 6 nitrogen and oxygen atoms in total. The molecule has 1 aromatic heterocycles. The quantitative estimate of drug-likeness (QED) is 0.921. The zero-order chi connectivity index (χ0) is 18.3. The van der Waals surface area contributed by atoms with E-state index >= 15 is 0 Å². The maximum absolute atomic E-state index is 13.2. The topological polar surface area (TPSA) is 75.4 Å². The Labute approximate surface area is 152 Å². The summed E-state index contributed by atoms with van der Waals surface area (Å²) < 4.78 is 1.89. The van der Waals surface area contributed by atoms with E-state index in [1.165, 1.54) is 4.90 Å². The van der Waals surface area contributed by atoms with Crippen molar-refractivity contribution in [2.45, 2.75) is 51.5 Å². The number of carbonyl (C=O) groups excluding carboxylic acids is 1. The van der Waals surface area contributed by atoms with Crippen LogP contribution in [0.15, 0.2) is 24.3 Å². The highest BCUT2D eigenvalue weighted by Gasteiger charge is 2.36. The standard InChI is InChI=1S/C20H23N3O3/c1-13-7-2-3-9-15(13)23-16-11-6-8-14(16)18(21-23)19(24)22-12-5-4-10-17(22)20(25)26/h2-3,7,9,17H,4-6,8,10-12H2,1H3,(H,25,26)/t17-/m1/s1. The summed E-state index contributed by atoms with van der Waals surface area (Å²) in [5.74, 6) is -1.16. The van der Waals surface area contributed by atoms with Gasteiger partial charge in [-0.15, -0.1) is 0 Å². The zero-order valence-electron chi connectivity index (χ0n) is 14.9. The molecule has 0 spiro atoms. The van der Waals surface area contributed by atoms with Gasteiger partial charge in [0.1, 0.15) is 6.04 Å². The van der Waals surface area contributed by atoms with E-state index in [1.54, 1.807) is 0 Å². The molecule has 0 radical (unpaired) electrons. The van der Waals surface area contributed by atoms with Gasteiger partial charge in [0.05, 0.1) is 5.69 Å². The van der Waals surface area contributed by atoms with Crippen molar-refractivity contribution in [1.29, 1.82) is 0 Å². The maximum Gasteiger partial charge on any atom is 0.326 e. The third-order valence-corrected chi connectivity index (χ3v) is 5.53. The highest BCUT2D eigenvalue weighted by atomic mass is 16.4. The number of aryl methyl sites for hydroxylation is 1. The van der Waals surface area contributed by atoms with Gasteiger partial charge in [-0.1, -0.05) is 18.2 Å². The van der Waals surface area contributed by atoms with Crippen LogP contribution in [-0.4, -0.2) is 44.3 Å². The first-order chi connectivity index (χ1) is 12.6. The van der Waals surface area contributed by atoms with Gasteiger partial charge < -0.3 is 10.0 Å². The lowest BCUT2D eigenvalue weighted by molar-refractivity contribution is -0.143. The number of rotatable bonds is 3. The normalized spacial score (nSPS) is 19.4. The number of fused-ring (bicyclic) bond motifs is 1. The van der Waals surface area contributed by atoms with E-state index in [1.807, 2.05) is 35.9 Å². The van der Waals surface area contributed by atoms with Crippen molar-refractivity contribution in [2.75, 3.05) is 6.54 Å². The van der Waals surface area contributed by atoms with Crippen LogP contribution in [-0.2, 0) is 17.6 Å². The van der Waals surface area contributed by atoms with Crippen molar-refractivity contribution < 1.29 is 14.7 Å². The number of piperidine rings is 1. The number of aromatic nitrogens is 2. The second-order valence-electron chi connectivity index (χ2n) is 7.17. The van der Waals surface area contributed by atoms with Crippen molar-refractivity contribution >= 4 is 11.9 Å². The van der Waals surface area contributed by atoms with Gasteiger partial charge in [-0.25, -0.2) is 9.48 Å². The smallest absolute Gasteiger partial charge is 0.326 e. The van der Waals surface area contributed by atoms with E-state index in [-0.39, 0.29) is 5.91 Å². The Morgan fingerprint density at radius 1 is 1.15 bits per heavy atom. The maximum atomic E-state index is 13.2. The highest BCUT2D eigenvalue weighted by Crippen LogP contribution is 2.30. The minimum atomic E-state index is -0.923. The van der Waals surface area contributed by atoms with Crippen molar-refractivity contribution in [1.82, 2.24) is 14.7 Å². The molecule has 26 heavy (non-hydrogen) atoms. The number of hydrogen-bond acceptors (Lipinski definition) is 3. The molecular weight excluding hydrogens is 330 g/mol. The summed E-state index contributed by atoms with van der Waals surface area (Å²) in [5.41, 5.74) is 4.61. The molecule has 0 bridgehead atoms. The van der Waals surface area contributed by atoms with Crippen molar-refractivity contribution in [3.63, 3.8) is 0 Å². The molecule has 2 heterocycles. The number of benzene rings is 1. The largest absolute Gasteiger partial charge is 0.480 e. The van der Waals surface area contributed by atoms with E-state index in [4.69, 9.17) is 0 Å². The van der Waals surface area contributed by atoms with E-state index in [0.29, 0.717) is 18.7 Å². The molecule has 6 heteroatoms. The number of aliphatic carboxylic acids is 1. The molecule has 1 saturated heterocycles. The molecule has 1 amide bonds. The van der Waals surface area contributed by atoms with Crippen LogP contribution in [0, 0.1) is 6.92 Å².